The van der Waals surface area contributed by atoms with Gasteiger partial charge in [-0.25, -0.2) is 9.79 Å². The van der Waals surface area contributed by atoms with Crippen LogP contribution in [0.15, 0.2) is 29.3 Å². The van der Waals surface area contributed by atoms with E-state index in [9.17, 15) is 4.79 Å². The van der Waals surface area contributed by atoms with Gasteiger partial charge in [0.1, 0.15) is 0 Å². The maximum atomic E-state index is 11.7. The summed E-state index contributed by atoms with van der Waals surface area (Å²) >= 11 is 0. The number of urea groups is 1. The van der Waals surface area contributed by atoms with Crippen LogP contribution in [-0.2, 0) is 6.54 Å². The summed E-state index contributed by atoms with van der Waals surface area (Å²) in [6.45, 7) is 12.7. The third kappa shape index (κ3) is 8.74. The molecule has 4 N–H and O–H groups in total. The zero-order chi connectivity index (χ0) is 19.4. The average Bonchev–Trinajstić information content (AvgIpc) is 2.60. The van der Waals surface area contributed by atoms with Gasteiger partial charge in [-0.05, 0) is 44.4 Å². The van der Waals surface area contributed by atoms with Crippen LogP contribution >= 0.6 is 0 Å². The molecule has 0 aliphatic carbocycles. The first-order valence-electron chi connectivity index (χ1n) is 9.67. The van der Waals surface area contributed by atoms with Crippen molar-refractivity contribution in [1.82, 2.24) is 16.0 Å². The largest absolute Gasteiger partial charge is 0.357 e. The van der Waals surface area contributed by atoms with E-state index in [1.165, 1.54) is 12.8 Å². The highest BCUT2D eigenvalue weighted by Gasteiger charge is 2.05. The molecule has 1 rings (SSSR count). The van der Waals surface area contributed by atoms with Crippen LogP contribution in [0.2, 0.25) is 0 Å². The predicted octanol–water partition coefficient (Wildman–Crippen LogP) is 3.71. The monoisotopic (exact) mass is 361 g/mol. The molecule has 0 atom stereocenters. The van der Waals surface area contributed by atoms with Crippen molar-refractivity contribution in [2.45, 2.75) is 60.0 Å². The highest BCUT2D eigenvalue weighted by atomic mass is 16.2. The first kappa shape index (κ1) is 21.8. The highest BCUT2D eigenvalue weighted by Crippen LogP contribution is 2.10. The van der Waals surface area contributed by atoms with E-state index in [1.807, 2.05) is 38.1 Å². The van der Waals surface area contributed by atoms with E-state index < -0.39 is 0 Å². The lowest BCUT2D eigenvalue weighted by Gasteiger charge is -2.16. The minimum absolute atomic E-state index is 0.112. The van der Waals surface area contributed by atoms with E-state index in [4.69, 9.17) is 0 Å². The van der Waals surface area contributed by atoms with E-state index in [0.717, 1.165) is 30.3 Å². The molecule has 26 heavy (non-hydrogen) atoms. The minimum atomic E-state index is -0.189. The van der Waals surface area contributed by atoms with Crippen molar-refractivity contribution >= 4 is 17.7 Å². The first-order chi connectivity index (χ1) is 12.5. The number of benzene rings is 1. The molecule has 2 amide bonds. The summed E-state index contributed by atoms with van der Waals surface area (Å²) in [6, 6.07) is 7.69. The van der Waals surface area contributed by atoms with Crippen molar-refractivity contribution in [1.29, 1.82) is 0 Å². The number of hydrogen-bond donors (Lipinski definition) is 4. The highest BCUT2D eigenvalue weighted by molar-refractivity contribution is 5.89. The van der Waals surface area contributed by atoms with Crippen molar-refractivity contribution in [3.63, 3.8) is 0 Å². The van der Waals surface area contributed by atoms with Crippen LogP contribution in [0.5, 0.6) is 0 Å². The van der Waals surface area contributed by atoms with Gasteiger partial charge in [-0.3, -0.25) is 0 Å². The second kappa shape index (κ2) is 12.2. The van der Waals surface area contributed by atoms with Gasteiger partial charge in [-0.2, -0.15) is 0 Å². The molecule has 1 aromatic carbocycles. The van der Waals surface area contributed by atoms with Gasteiger partial charge < -0.3 is 21.3 Å². The fourth-order valence-corrected chi connectivity index (χ4v) is 2.45. The Bertz CT molecular complexity index is 550. The number of nitrogens with zero attached hydrogens (tertiary/aromatic N) is 1. The molecule has 6 nitrogen and oxygen atoms in total. The number of amides is 2. The summed E-state index contributed by atoms with van der Waals surface area (Å²) < 4.78 is 0. The Morgan fingerprint density at radius 3 is 2.23 bits per heavy atom. The maximum Gasteiger partial charge on any atom is 0.319 e. The summed E-state index contributed by atoms with van der Waals surface area (Å²) in [7, 11) is 0. The second-order valence-electron chi connectivity index (χ2n) is 6.71. The average molecular weight is 362 g/mol. The summed E-state index contributed by atoms with van der Waals surface area (Å²) in [5, 5.41) is 12.3. The lowest BCUT2D eigenvalue weighted by atomic mass is 10.0. The molecule has 0 bridgehead atoms. The molecule has 0 heterocycles. The molecule has 0 spiro atoms. The number of carbonyl (C=O) groups excluding carboxylic acids is 1. The van der Waals surface area contributed by atoms with Crippen molar-refractivity contribution in [3.8, 4) is 0 Å². The number of aliphatic imine (C=N–C) groups is 1. The normalized spacial score (nSPS) is 11.6. The van der Waals surface area contributed by atoms with Gasteiger partial charge in [0, 0.05) is 24.8 Å². The van der Waals surface area contributed by atoms with Crippen LogP contribution in [0.25, 0.3) is 0 Å². The van der Waals surface area contributed by atoms with Crippen LogP contribution in [0, 0.1) is 5.92 Å². The molecule has 0 aliphatic rings. The Hall–Kier alpha value is -2.24. The summed E-state index contributed by atoms with van der Waals surface area (Å²) in [6.07, 6.45) is 2.34. The zero-order valence-corrected chi connectivity index (χ0v) is 16.9. The lowest BCUT2D eigenvalue weighted by molar-refractivity contribution is 0.250. The van der Waals surface area contributed by atoms with Gasteiger partial charge in [0.15, 0.2) is 5.96 Å². The van der Waals surface area contributed by atoms with Crippen molar-refractivity contribution < 1.29 is 4.79 Å². The van der Waals surface area contributed by atoms with E-state index in [0.29, 0.717) is 12.5 Å². The molecule has 0 saturated carbocycles. The van der Waals surface area contributed by atoms with Gasteiger partial charge in [0.25, 0.3) is 0 Å². The summed E-state index contributed by atoms with van der Waals surface area (Å²) in [5.41, 5.74) is 1.87. The third-order valence-electron chi connectivity index (χ3n) is 4.11. The topological polar surface area (TPSA) is 77.5 Å². The molecular formula is C20H35N5O. The second-order valence-corrected chi connectivity index (χ2v) is 6.71. The van der Waals surface area contributed by atoms with E-state index in [2.05, 4.69) is 47.0 Å². The molecule has 0 fully saturated rings. The molecule has 6 heteroatoms. The van der Waals surface area contributed by atoms with E-state index in [-0.39, 0.29) is 12.1 Å². The molecule has 0 unspecified atom stereocenters. The van der Waals surface area contributed by atoms with E-state index >= 15 is 0 Å². The van der Waals surface area contributed by atoms with E-state index in [1.54, 1.807) is 0 Å². The van der Waals surface area contributed by atoms with Crippen LogP contribution in [0.3, 0.4) is 0 Å². The smallest absolute Gasteiger partial charge is 0.319 e. The summed E-state index contributed by atoms with van der Waals surface area (Å²) in [5.74, 6) is 1.51. The Morgan fingerprint density at radius 2 is 1.69 bits per heavy atom. The SMILES string of the molecule is CCNC(=NCc1ccc(NC(=O)NC(C)C)cc1)NCC(CC)CC. The standard InChI is InChI=1S/C20H35N5O/c1-6-16(7-2)13-22-19(21-8-3)23-14-17-9-11-18(12-10-17)25-20(26)24-15(4)5/h9-12,15-16H,6-8,13-14H2,1-5H3,(H2,21,22,23)(H2,24,25,26). The molecule has 1 aromatic rings. The number of carbonyl (C=O) groups is 1. The van der Waals surface area contributed by atoms with Crippen molar-refractivity contribution in [3.05, 3.63) is 29.8 Å². The number of anilines is 1. The van der Waals surface area contributed by atoms with Gasteiger partial charge in [0.05, 0.1) is 6.54 Å². The molecule has 0 aromatic heterocycles. The Kier molecular flexibility index (Phi) is 10.2. The molecular weight excluding hydrogens is 326 g/mol. The Labute approximate surface area is 158 Å². The van der Waals surface area contributed by atoms with Crippen LogP contribution in [-0.4, -0.2) is 31.1 Å². The van der Waals surface area contributed by atoms with Gasteiger partial charge in [0.2, 0.25) is 0 Å². The molecule has 0 aliphatic heterocycles. The van der Waals surface area contributed by atoms with Gasteiger partial charge in [-0.15, -0.1) is 0 Å². The molecule has 0 radical (unpaired) electrons. The van der Waals surface area contributed by atoms with Crippen LogP contribution < -0.4 is 21.3 Å². The predicted molar refractivity (Wildman–Crippen MR) is 111 cm³/mol. The van der Waals surface area contributed by atoms with Crippen molar-refractivity contribution in [2.75, 3.05) is 18.4 Å². The van der Waals surface area contributed by atoms with Crippen LogP contribution in [0.1, 0.15) is 53.0 Å². The number of guanidine groups is 1. The van der Waals surface area contributed by atoms with Gasteiger partial charge in [-0.1, -0.05) is 38.8 Å². The van der Waals surface area contributed by atoms with Gasteiger partial charge >= 0.3 is 6.03 Å². The fraction of sp³-hybridized carbons (Fsp3) is 0.600. The number of hydrogen-bond acceptors (Lipinski definition) is 2. The maximum absolute atomic E-state index is 11.7. The van der Waals surface area contributed by atoms with Crippen LogP contribution in [0.4, 0.5) is 10.5 Å². The van der Waals surface area contributed by atoms with Crippen molar-refractivity contribution in [2.24, 2.45) is 10.9 Å². The zero-order valence-electron chi connectivity index (χ0n) is 16.9. The molecule has 146 valence electrons. The lowest BCUT2D eigenvalue weighted by Crippen LogP contribution is -2.39. The Morgan fingerprint density at radius 1 is 1.04 bits per heavy atom. The molecule has 0 saturated heterocycles. The third-order valence-corrected chi connectivity index (χ3v) is 4.11. The Balaban J connectivity index is 2.59. The number of rotatable bonds is 9. The fourth-order valence-electron chi connectivity index (χ4n) is 2.45. The minimum Gasteiger partial charge on any atom is -0.357 e. The first-order valence-corrected chi connectivity index (χ1v) is 9.67. The summed E-state index contributed by atoms with van der Waals surface area (Å²) in [4.78, 5) is 16.4. The quantitative estimate of drug-likeness (QED) is 0.400. The number of nitrogens with one attached hydrogen (secondary N) is 4.